The molecule has 1 aliphatic rings. The molecule has 1 N–H and O–H groups in total. The van der Waals surface area contributed by atoms with Gasteiger partial charge in [-0.25, -0.2) is 17.6 Å². The van der Waals surface area contributed by atoms with Gasteiger partial charge in [-0.1, -0.05) is 23.4 Å². The van der Waals surface area contributed by atoms with Crippen LogP contribution >= 0.6 is 11.6 Å². The predicted octanol–water partition coefficient (Wildman–Crippen LogP) is 2.77. The third-order valence-corrected chi connectivity index (χ3v) is 5.41. The molecule has 1 fully saturated rings. The second-order valence-corrected chi connectivity index (χ2v) is 7.69. The number of anilines is 1. The van der Waals surface area contributed by atoms with E-state index in [9.17, 15) is 17.6 Å². The van der Waals surface area contributed by atoms with Gasteiger partial charge in [0.25, 0.3) is 0 Å². The molecule has 1 amide bonds. The Morgan fingerprint density at radius 2 is 1.96 bits per heavy atom. The summed E-state index contributed by atoms with van der Waals surface area (Å²) in [6.07, 6.45) is -0.385. The summed E-state index contributed by atoms with van der Waals surface area (Å²) < 4.78 is 44.6. The van der Waals surface area contributed by atoms with E-state index in [0.29, 0.717) is 24.4 Å². The Labute approximate surface area is 160 Å². The number of hydrogen-bond acceptors (Lipinski definition) is 4. The van der Waals surface area contributed by atoms with Gasteiger partial charge in [0, 0.05) is 11.3 Å². The van der Waals surface area contributed by atoms with Crippen molar-refractivity contribution in [1.82, 2.24) is 4.72 Å². The van der Waals surface area contributed by atoms with Crippen LogP contribution in [0.25, 0.3) is 0 Å². The number of amides is 1. The van der Waals surface area contributed by atoms with Crippen LogP contribution in [0.2, 0.25) is 5.02 Å². The van der Waals surface area contributed by atoms with Crippen molar-refractivity contribution in [2.75, 3.05) is 24.6 Å². The summed E-state index contributed by atoms with van der Waals surface area (Å²) in [6.45, 7) is 0.733. The lowest BCUT2D eigenvalue weighted by Gasteiger charge is -2.11. The highest BCUT2D eigenvalue weighted by molar-refractivity contribution is 7.89. The summed E-state index contributed by atoms with van der Waals surface area (Å²) in [5, 5.41) is -0.272. The summed E-state index contributed by atoms with van der Waals surface area (Å²) in [5.41, 5.74) is 1.37. The first-order valence-electron chi connectivity index (χ1n) is 7.85. The average Bonchev–Trinajstić information content (AvgIpc) is 3.07. The van der Waals surface area contributed by atoms with Crippen LogP contribution in [0.1, 0.15) is 5.56 Å². The predicted molar refractivity (Wildman–Crippen MR) is 98.6 cm³/mol. The van der Waals surface area contributed by atoms with Crippen molar-refractivity contribution in [2.45, 2.75) is 4.90 Å². The lowest BCUT2D eigenvalue weighted by molar-refractivity contribution is 0.181. The van der Waals surface area contributed by atoms with Crippen molar-refractivity contribution in [3.05, 3.63) is 58.9 Å². The summed E-state index contributed by atoms with van der Waals surface area (Å²) in [7, 11) is -3.84. The van der Waals surface area contributed by atoms with Gasteiger partial charge in [-0.15, -0.1) is 0 Å². The first-order chi connectivity index (χ1) is 12.9. The Bertz CT molecular complexity index is 1030. The van der Waals surface area contributed by atoms with Crippen LogP contribution in [0.3, 0.4) is 0 Å². The van der Waals surface area contributed by atoms with Crippen LogP contribution in [0.15, 0.2) is 47.4 Å². The van der Waals surface area contributed by atoms with Crippen molar-refractivity contribution in [2.24, 2.45) is 0 Å². The molecule has 0 radical (unpaired) electrons. The molecule has 0 aliphatic carbocycles. The van der Waals surface area contributed by atoms with Crippen molar-refractivity contribution in [1.29, 1.82) is 0 Å². The molecular formula is C18H14ClFN2O4S. The molecule has 0 aromatic heterocycles. The van der Waals surface area contributed by atoms with Crippen LogP contribution in [-0.2, 0) is 14.8 Å². The van der Waals surface area contributed by atoms with Gasteiger partial charge in [-0.05, 0) is 42.5 Å². The number of carbonyl (C=O) groups is 1. The smallest absolute Gasteiger partial charge is 0.414 e. The molecule has 0 bridgehead atoms. The number of benzene rings is 2. The summed E-state index contributed by atoms with van der Waals surface area (Å²) in [6, 6.07) is 10.1. The minimum Gasteiger partial charge on any atom is -0.447 e. The highest BCUT2D eigenvalue weighted by atomic mass is 35.5. The number of ether oxygens (including phenoxy) is 1. The van der Waals surface area contributed by atoms with E-state index in [1.807, 2.05) is 0 Å². The van der Waals surface area contributed by atoms with E-state index in [0.717, 1.165) is 18.2 Å². The molecule has 1 saturated heterocycles. The van der Waals surface area contributed by atoms with E-state index in [-0.39, 0.29) is 22.6 Å². The Balaban J connectivity index is 1.61. The van der Waals surface area contributed by atoms with Gasteiger partial charge in [0.1, 0.15) is 12.4 Å². The zero-order valence-electron chi connectivity index (χ0n) is 13.9. The highest BCUT2D eigenvalue weighted by Gasteiger charge is 2.23. The van der Waals surface area contributed by atoms with Crippen molar-refractivity contribution in [3.8, 4) is 11.8 Å². The minimum atomic E-state index is -3.84. The Morgan fingerprint density at radius 3 is 2.59 bits per heavy atom. The summed E-state index contributed by atoms with van der Waals surface area (Å²) in [5.74, 6) is 4.83. The molecule has 0 atom stereocenters. The molecule has 9 heteroatoms. The molecule has 1 heterocycles. The molecule has 27 heavy (non-hydrogen) atoms. The van der Waals surface area contributed by atoms with E-state index < -0.39 is 15.8 Å². The van der Waals surface area contributed by atoms with Gasteiger partial charge < -0.3 is 4.74 Å². The maximum Gasteiger partial charge on any atom is 0.414 e. The van der Waals surface area contributed by atoms with Crippen LogP contribution in [0.4, 0.5) is 14.9 Å². The van der Waals surface area contributed by atoms with Gasteiger partial charge >= 0.3 is 6.09 Å². The molecule has 2 aromatic carbocycles. The fourth-order valence-electron chi connectivity index (χ4n) is 2.36. The quantitative estimate of drug-likeness (QED) is 0.789. The SMILES string of the molecule is O=C1OCCN1c1ccc(C#CCNS(=O)(=O)c2ccc(F)c(Cl)c2)cc1. The summed E-state index contributed by atoms with van der Waals surface area (Å²) in [4.78, 5) is 12.9. The largest absolute Gasteiger partial charge is 0.447 e. The Hall–Kier alpha value is -2.60. The summed E-state index contributed by atoms with van der Waals surface area (Å²) >= 11 is 5.60. The van der Waals surface area contributed by atoms with Crippen LogP contribution in [0.5, 0.6) is 0 Å². The standard InChI is InChI=1S/C18H14ClFN2O4S/c19-16-12-15(7-8-17(16)20)27(24,25)21-9-1-2-13-3-5-14(6-4-13)22-10-11-26-18(22)23/h3-8,12,21H,9-11H2. The first kappa shape index (κ1) is 19.2. The van der Waals surface area contributed by atoms with E-state index in [1.54, 1.807) is 24.3 Å². The van der Waals surface area contributed by atoms with Crippen molar-refractivity contribution in [3.63, 3.8) is 0 Å². The van der Waals surface area contributed by atoms with Gasteiger partial charge in [-0.2, -0.15) is 4.72 Å². The molecule has 6 nitrogen and oxygen atoms in total. The number of nitrogens with one attached hydrogen (secondary N) is 1. The molecule has 3 rings (SSSR count). The number of halogens is 2. The number of sulfonamides is 1. The van der Waals surface area contributed by atoms with Gasteiger partial charge in [0.05, 0.1) is 23.0 Å². The fourth-order valence-corrected chi connectivity index (χ4v) is 3.55. The van der Waals surface area contributed by atoms with Crippen LogP contribution in [0, 0.1) is 17.7 Å². The maximum atomic E-state index is 13.1. The van der Waals surface area contributed by atoms with Crippen LogP contribution < -0.4 is 9.62 Å². The monoisotopic (exact) mass is 408 g/mol. The number of rotatable bonds is 4. The third-order valence-electron chi connectivity index (χ3n) is 3.72. The second-order valence-electron chi connectivity index (χ2n) is 5.52. The average molecular weight is 409 g/mol. The molecular weight excluding hydrogens is 395 g/mol. The van der Waals surface area contributed by atoms with Gasteiger partial charge in [-0.3, -0.25) is 4.90 Å². The number of hydrogen-bond donors (Lipinski definition) is 1. The fraction of sp³-hybridized carbons (Fsp3) is 0.167. The second kappa shape index (κ2) is 7.96. The maximum absolute atomic E-state index is 13.1. The van der Waals surface area contributed by atoms with Crippen molar-refractivity contribution >= 4 is 33.4 Å². The molecule has 1 aliphatic heterocycles. The minimum absolute atomic E-state index is 0.127. The molecule has 140 valence electrons. The lowest BCUT2D eigenvalue weighted by Crippen LogP contribution is -2.24. The van der Waals surface area contributed by atoms with Gasteiger partial charge in [0.2, 0.25) is 10.0 Å². The van der Waals surface area contributed by atoms with E-state index >= 15 is 0 Å². The number of carbonyl (C=O) groups excluding carboxylic acids is 1. The topological polar surface area (TPSA) is 75.7 Å². The zero-order valence-corrected chi connectivity index (χ0v) is 15.5. The molecule has 2 aromatic rings. The lowest BCUT2D eigenvalue weighted by atomic mass is 10.2. The van der Waals surface area contributed by atoms with E-state index in [2.05, 4.69) is 16.6 Å². The number of cyclic esters (lactones) is 1. The van der Waals surface area contributed by atoms with E-state index in [4.69, 9.17) is 16.3 Å². The molecule has 0 spiro atoms. The Kier molecular flexibility index (Phi) is 5.65. The van der Waals surface area contributed by atoms with Crippen LogP contribution in [-0.4, -0.2) is 34.2 Å². The normalized spacial score (nSPS) is 13.9. The Morgan fingerprint density at radius 1 is 1.22 bits per heavy atom. The molecule has 0 saturated carbocycles. The third kappa shape index (κ3) is 4.57. The number of nitrogens with zero attached hydrogens (tertiary/aromatic N) is 1. The first-order valence-corrected chi connectivity index (χ1v) is 9.71. The molecule has 0 unspecified atom stereocenters. The van der Waals surface area contributed by atoms with Gasteiger partial charge in [0.15, 0.2) is 0 Å². The highest BCUT2D eigenvalue weighted by Crippen LogP contribution is 2.20. The zero-order chi connectivity index (χ0) is 19.4. The van der Waals surface area contributed by atoms with E-state index in [1.165, 1.54) is 4.90 Å². The van der Waals surface area contributed by atoms with Crippen molar-refractivity contribution < 1.29 is 22.3 Å².